The predicted molar refractivity (Wildman–Crippen MR) is 52.8 cm³/mol. The van der Waals surface area contributed by atoms with Gasteiger partial charge in [0.2, 0.25) is 0 Å². The molecule has 6 heteroatoms. The van der Waals surface area contributed by atoms with Crippen LogP contribution in [0.3, 0.4) is 0 Å². The largest absolute Gasteiger partial charge is 0.203 e. The van der Waals surface area contributed by atoms with Crippen molar-refractivity contribution in [2.45, 2.75) is 12.8 Å². The molecule has 0 spiro atoms. The van der Waals surface area contributed by atoms with Crippen LogP contribution in [0.4, 0.5) is 17.6 Å². The van der Waals surface area contributed by atoms with Gasteiger partial charge >= 0.3 is 0 Å². The van der Waals surface area contributed by atoms with Crippen molar-refractivity contribution in [2.75, 3.05) is 0 Å². The Labute approximate surface area is 99.4 Å². The van der Waals surface area contributed by atoms with Gasteiger partial charge in [0.1, 0.15) is 11.6 Å². The third kappa shape index (κ3) is 1.63. The molecule has 0 atom stereocenters. The highest BCUT2D eigenvalue weighted by molar-refractivity contribution is 5.82. The molecule has 1 aliphatic carbocycles. The van der Waals surface area contributed by atoms with Gasteiger partial charge in [0.25, 0.3) is 0 Å². The van der Waals surface area contributed by atoms with Crippen molar-refractivity contribution in [3.05, 3.63) is 40.0 Å². The molecule has 0 aliphatic heterocycles. The molecule has 0 saturated heterocycles. The predicted octanol–water partition coefficient (Wildman–Crippen LogP) is 3.19. The van der Waals surface area contributed by atoms with Crippen molar-refractivity contribution >= 4 is 5.57 Å². The van der Waals surface area contributed by atoms with Crippen LogP contribution in [0.5, 0.6) is 0 Å². The summed E-state index contributed by atoms with van der Waals surface area (Å²) in [7, 11) is 0. The summed E-state index contributed by atoms with van der Waals surface area (Å²) >= 11 is 0. The molecule has 0 aromatic heterocycles. The van der Waals surface area contributed by atoms with E-state index >= 15 is 0 Å². The minimum atomic E-state index is -1.78. The fourth-order valence-electron chi connectivity index (χ4n) is 1.57. The van der Waals surface area contributed by atoms with Crippen LogP contribution in [0.15, 0.2) is 5.57 Å². The van der Waals surface area contributed by atoms with Crippen LogP contribution < -0.4 is 0 Å². The molecule has 2 nitrogen and oxygen atoms in total. The lowest BCUT2D eigenvalue weighted by atomic mass is 10.0. The summed E-state index contributed by atoms with van der Waals surface area (Å²) in [6.07, 6.45) is 0.927. The van der Waals surface area contributed by atoms with Crippen molar-refractivity contribution in [3.63, 3.8) is 0 Å². The van der Waals surface area contributed by atoms with E-state index in [9.17, 15) is 17.6 Å². The van der Waals surface area contributed by atoms with Gasteiger partial charge in [0.05, 0.1) is 17.2 Å². The first kappa shape index (κ1) is 12.1. The summed E-state index contributed by atoms with van der Waals surface area (Å²) in [6.45, 7) is 0. The molecule has 1 aliphatic rings. The third-order valence-corrected chi connectivity index (χ3v) is 2.59. The summed E-state index contributed by atoms with van der Waals surface area (Å²) in [5.74, 6) is -6.97. The average molecular weight is 252 g/mol. The Morgan fingerprint density at radius 1 is 0.889 bits per heavy atom. The van der Waals surface area contributed by atoms with E-state index in [1.165, 1.54) is 6.07 Å². The second kappa shape index (κ2) is 4.15. The minimum Gasteiger partial charge on any atom is -0.203 e. The summed E-state index contributed by atoms with van der Waals surface area (Å²) in [5, 5.41) is 17.2. The lowest BCUT2D eigenvalue weighted by Crippen LogP contribution is -2.06. The number of hydrogen-bond donors (Lipinski definition) is 0. The molecule has 2 rings (SSSR count). The highest BCUT2D eigenvalue weighted by Gasteiger charge is 2.30. The number of rotatable bonds is 1. The number of halogens is 4. The quantitative estimate of drug-likeness (QED) is 0.437. The van der Waals surface area contributed by atoms with Gasteiger partial charge in [0, 0.05) is 0 Å². The molecular formula is C12H4F4N2. The number of allylic oxidation sites excluding steroid dienone is 2. The van der Waals surface area contributed by atoms with Crippen molar-refractivity contribution in [2.24, 2.45) is 0 Å². The normalized spacial score (nSPS) is 12.9. The fraction of sp³-hybridized carbons (Fsp3) is 0.167. The number of hydrogen-bond acceptors (Lipinski definition) is 2. The van der Waals surface area contributed by atoms with E-state index in [1.54, 1.807) is 0 Å². The third-order valence-electron chi connectivity index (χ3n) is 2.59. The van der Waals surface area contributed by atoms with E-state index in [0.717, 1.165) is 6.07 Å². The van der Waals surface area contributed by atoms with E-state index in [-0.39, 0.29) is 0 Å². The Hall–Kier alpha value is -2.34. The topological polar surface area (TPSA) is 47.6 Å². The molecule has 1 saturated carbocycles. The van der Waals surface area contributed by atoms with Gasteiger partial charge in [-0.15, -0.1) is 0 Å². The zero-order chi connectivity index (χ0) is 13.4. The smallest absolute Gasteiger partial charge is 0.180 e. The Morgan fingerprint density at radius 3 is 1.72 bits per heavy atom. The van der Waals surface area contributed by atoms with Crippen molar-refractivity contribution in [1.29, 1.82) is 10.5 Å². The summed E-state index contributed by atoms with van der Waals surface area (Å²) in [4.78, 5) is 0. The van der Waals surface area contributed by atoms with Crippen LogP contribution in [0.2, 0.25) is 0 Å². The van der Waals surface area contributed by atoms with Crippen molar-refractivity contribution < 1.29 is 17.6 Å². The molecule has 0 N–H and O–H groups in total. The monoisotopic (exact) mass is 252 g/mol. The van der Waals surface area contributed by atoms with Gasteiger partial charge in [-0.25, -0.2) is 17.6 Å². The molecule has 1 aromatic carbocycles. The molecule has 1 fully saturated rings. The van der Waals surface area contributed by atoms with E-state index in [1.807, 2.05) is 0 Å². The van der Waals surface area contributed by atoms with Crippen LogP contribution >= 0.6 is 0 Å². The number of benzene rings is 1. The first-order chi connectivity index (χ1) is 8.52. The standard InChI is InChI=1S/C12H4F4N2/c13-9-7(4-18)10(14)12(16)8(11(9)15)6(3-17)5-1-2-5/h1-2H2. The summed E-state index contributed by atoms with van der Waals surface area (Å²) in [5.41, 5.74) is -2.31. The number of nitrogens with zero attached hydrogens (tertiary/aromatic N) is 2. The molecule has 18 heavy (non-hydrogen) atoms. The van der Waals surface area contributed by atoms with Crippen molar-refractivity contribution in [3.8, 4) is 12.1 Å². The number of nitriles is 2. The van der Waals surface area contributed by atoms with Crippen molar-refractivity contribution in [1.82, 2.24) is 0 Å². The van der Waals surface area contributed by atoms with Gasteiger partial charge in [-0.05, 0) is 12.8 Å². The van der Waals surface area contributed by atoms with E-state index in [4.69, 9.17) is 10.5 Å². The van der Waals surface area contributed by atoms with Crippen LogP contribution in [0.1, 0.15) is 24.0 Å². The molecule has 0 unspecified atom stereocenters. The van der Waals surface area contributed by atoms with Gasteiger partial charge in [-0.3, -0.25) is 0 Å². The van der Waals surface area contributed by atoms with Crippen LogP contribution in [0.25, 0.3) is 5.57 Å². The lowest BCUT2D eigenvalue weighted by molar-refractivity contribution is 0.447. The first-order valence-electron chi connectivity index (χ1n) is 4.91. The Morgan fingerprint density at radius 2 is 1.39 bits per heavy atom. The summed E-state index contributed by atoms with van der Waals surface area (Å²) < 4.78 is 53.9. The average Bonchev–Trinajstić information content (AvgIpc) is 3.17. The second-order valence-electron chi connectivity index (χ2n) is 3.71. The van der Waals surface area contributed by atoms with Gasteiger partial charge in [0.15, 0.2) is 23.3 Å². The van der Waals surface area contributed by atoms with Crippen LogP contribution in [0, 0.1) is 45.9 Å². The highest BCUT2D eigenvalue weighted by Crippen LogP contribution is 2.39. The minimum absolute atomic E-state index is 0.396. The Kier molecular flexibility index (Phi) is 2.80. The van der Waals surface area contributed by atoms with Crippen LogP contribution in [-0.4, -0.2) is 0 Å². The molecule has 0 amide bonds. The second-order valence-corrected chi connectivity index (χ2v) is 3.71. The van der Waals surface area contributed by atoms with Gasteiger partial charge < -0.3 is 0 Å². The molecule has 90 valence electrons. The fourth-order valence-corrected chi connectivity index (χ4v) is 1.57. The maximum atomic E-state index is 13.6. The van der Waals surface area contributed by atoms with E-state index < -0.39 is 40.0 Å². The molecular weight excluding hydrogens is 248 g/mol. The maximum Gasteiger partial charge on any atom is 0.180 e. The molecule has 0 heterocycles. The highest BCUT2D eigenvalue weighted by atomic mass is 19.2. The maximum absolute atomic E-state index is 13.6. The zero-order valence-corrected chi connectivity index (χ0v) is 8.82. The molecule has 0 bridgehead atoms. The van der Waals surface area contributed by atoms with Gasteiger partial charge in [-0.1, -0.05) is 5.57 Å². The van der Waals surface area contributed by atoms with Crippen LogP contribution in [-0.2, 0) is 0 Å². The zero-order valence-electron chi connectivity index (χ0n) is 8.82. The van der Waals surface area contributed by atoms with Gasteiger partial charge in [-0.2, -0.15) is 10.5 Å². The first-order valence-corrected chi connectivity index (χ1v) is 4.91. The van der Waals surface area contributed by atoms with E-state index in [0.29, 0.717) is 18.4 Å². The molecule has 1 aromatic rings. The SMILES string of the molecule is N#CC(=C1CC1)c1c(F)c(F)c(C#N)c(F)c1F. The Bertz CT molecular complexity index is 627. The lowest BCUT2D eigenvalue weighted by Gasteiger charge is -2.07. The van der Waals surface area contributed by atoms with E-state index in [2.05, 4.69) is 0 Å². The Balaban J connectivity index is 2.83. The summed E-state index contributed by atoms with van der Waals surface area (Å²) in [6, 6.07) is 2.58. The molecule has 0 radical (unpaired) electrons.